The molecule has 0 bridgehead atoms. The Kier molecular flexibility index (Phi) is 7.29. The van der Waals surface area contributed by atoms with Crippen LogP contribution >= 0.6 is 0 Å². The van der Waals surface area contributed by atoms with Crippen molar-refractivity contribution in [2.24, 2.45) is 0 Å². The van der Waals surface area contributed by atoms with Crippen LogP contribution < -0.4 is 19.7 Å². The molecule has 0 radical (unpaired) electrons. The molecule has 2 fully saturated rings. The molecule has 1 N–H and O–H groups in total. The molecule has 0 amide bonds. The predicted molar refractivity (Wildman–Crippen MR) is 124 cm³/mol. The molecular formula is C23H35N5O3. The first-order valence-corrected chi connectivity index (χ1v) is 11.4. The lowest BCUT2D eigenvalue weighted by Gasteiger charge is -2.25. The number of fused-ring (bicyclic) bond motifs is 1. The first-order valence-electron chi connectivity index (χ1n) is 11.4. The van der Waals surface area contributed by atoms with Crippen molar-refractivity contribution in [1.29, 1.82) is 0 Å². The van der Waals surface area contributed by atoms with Gasteiger partial charge in [0.1, 0.15) is 5.82 Å². The molecule has 1 aromatic heterocycles. The van der Waals surface area contributed by atoms with E-state index < -0.39 is 0 Å². The number of methoxy groups -OCH3 is 1. The molecule has 1 aromatic carbocycles. The molecule has 2 saturated heterocycles. The average molecular weight is 430 g/mol. The quantitative estimate of drug-likeness (QED) is 0.610. The minimum absolute atomic E-state index is 0.245. The molecule has 2 aliphatic rings. The molecule has 2 aromatic rings. The summed E-state index contributed by atoms with van der Waals surface area (Å²) in [7, 11) is 5.58. The molecule has 0 unspecified atom stereocenters. The first-order chi connectivity index (χ1) is 15.1. The van der Waals surface area contributed by atoms with Gasteiger partial charge in [-0.05, 0) is 51.3 Å². The average Bonchev–Trinajstić information content (AvgIpc) is 3.30. The highest BCUT2D eigenvalue weighted by atomic mass is 16.5. The second-order valence-electron chi connectivity index (χ2n) is 8.60. The van der Waals surface area contributed by atoms with E-state index in [1.54, 1.807) is 7.11 Å². The minimum atomic E-state index is 0.245. The number of ether oxygens (including phenoxy) is 3. The summed E-state index contributed by atoms with van der Waals surface area (Å²) in [6.07, 6.45) is 5.76. The molecule has 0 aliphatic carbocycles. The zero-order chi connectivity index (χ0) is 21.6. The van der Waals surface area contributed by atoms with Gasteiger partial charge in [0.15, 0.2) is 11.5 Å². The zero-order valence-electron chi connectivity index (χ0n) is 19.0. The monoisotopic (exact) mass is 429 g/mol. The van der Waals surface area contributed by atoms with E-state index in [0.717, 1.165) is 54.9 Å². The summed E-state index contributed by atoms with van der Waals surface area (Å²) < 4.78 is 17.4. The topological polar surface area (TPSA) is 72.0 Å². The van der Waals surface area contributed by atoms with E-state index in [9.17, 15) is 0 Å². The molecule has 8 nitrogen and oxygen atoms in total. The molecule has 3 heterocycles. The summed E-state index contributed by atoms with van der Waals surface area (Å²) in [5.74, 6) is 2.91. The van der Waals surface area contributed by atoms with Crippen molar-refractivity contribution in [3.63, 3.8) is 0 Å². The van der Waals surface area contributed by atoms with Crippen molar-refractivity contribution in [2.75, 3.05) is 70.9 Å². The Balaban J connectivity index is 1.55. The first kappa shape index (κ1) is 21.9. The highest BCUT2D eigenvalue weighted by molar-refractivity contribution is 5.92. The van der Waals surface area contributed by atoms with E-state index >= 15 is 0 Å². The molecule has 31 heavy (non-hydrogen) atoms. The van der Waals surface area contributed by atoms with Crippen LogP contribution in [0, 0.1) is 0 Å². The highest BCUT2D eigenvalue weighted by Crippen LogP contribution is 2.35. The molecule has 4 rings (SSSR count). The van der Waals surface area contributed by atoms with E-state index in [2.05, 4.69) is 10.2 Å². The third-order valence-electron chi connectivity index (χ3n) is 5.95. The molecule has 170 valence electrons. The molecular weight excluding hydrogens is 394 g/mol. The smallest absolute Gasteiger partial charge is 0.227 e. The number of nitrogens with zero attached hydrogens (tertiary/aromatic N) is 4. The second kappa shape index (κ2) is 10.3. The van der Waals surface area contributed by atoms with Crippen LogP contribution in [-0.4, -0.2) is 81.6 Å². The normalized spacial score (nSPS) is 19.5. The van der Waals surface area contributed by atoms with Crippen molar-refractivity contribution < 1.29 is 14.2 Å². The summed E-state index contributed by atoms with van der Waals surface area (Å²) in [6.45, 7) is 5.70. The number of benzene rings is 1. The van der Waals surface area contributed by atoms with Gasteiger partial charge >= 0.3 is 0 Å². The van der Waals surface area contributed by atoms with Crippen LogP contribution in [0.1, 0.15) is 32.1 Å². The van der Waals surface area contributed by atoms with Crippen molar-refractivity contribution in [3.05, 3.63) is 12.1 Å². The molecule has 8 heteroatoms. The summed E-state index contributed by atoms with van der Waals surface area (Å²) in [5.41, 5.74) is 0.841. The largest absolute Gasteiger partial charge is 0.493 e. The lowest BCUT2D eigenvalue weighted by Crippen LogP contribution is -2.30. The van der Waals surface area contributed by atoms with E-state index in [4.69, 9.17) is 24.2 Å². The van der Waals surface area contributed by atoms with E-state index in [0.29, 0.717) is 24.9 Å². The van der Waals surface area contributed by atoms with Crippen LogP contribution in [-0.2, 0) is 4.74 Å². The van der Waals surface area contributed by atoms with Crippen LogP contribution in [0.15, 0.2) is 12.1 Å². The molecule has 1 atom stereocenters. The summed E-state index contributed by atoms with van der Waals surface area (Å²) >= 11 is 0. The number of hydrogen-bond acceptors (Lipinski definition) is 8. The lowest BCUT2D eigenvalue weighted by atomic mass is 10.1. The van der Waals surface area contributed by atoms with Crippen LogP contribution in [0.2, 0.25) is 0 Å². The van der Waals surface area contributed by atoms with Gasteiger partial charge < -0.3 is 29.3 Å². The van der Waals surface area contributed by atoms with Crippen LogP contribution in [0.5, 0.6) is 11.5 Å². The molecule has 2 aliphatic heterocycles. The van der Waals surface area contributed by atoms with Gasteiger partial charge in [0, 0.05) is 38.7 Å². The predicted octanol–water partition coefficient (Wildman–Crippen LogP) is 3.16. The minimum Gasteiger partial charge on any atom is -0.493 e. The van der Waals surface area contributed by atoms with E-state index in [1.807, 2.05) is 31.1 Å². The van der Waals surface area contributed by atoms with Crippen molar-refractivity contribution >= 4 is 22.7 Å². The standard InChI is InChI=1S/C23H35N5O3/c1-27(2)23-25-19-15-21(31-13-7-11-28-9-4-5-10-28)20(29-3)14-18(19)22(26-23)24-17-8-6-12-30-16-17/h14-15,17H,4-13,16H2,1-3H3,(H,24,25,26)/t17-/m0/s1. The summed E-state index contributed by atoms with van der Waals surface area (Å²) in [5, 5.41) is 4.50. The Bertz CT molecular complexity index is 864. The Labute approximate surface area is 184 Å². The number of rotatable bonds is 9. The number of aromatic nitrogens is 2. The van der Waals surface area contributed by atoms with Crippen molar-refractivity contribution in [1.82, 2.24) is 14.9 Å². The van der Waals surface area contributed by atoms with Gasteiger partial charge in [0.05, 0.1) is 31.9 Å². The molecule has 0 saturated carbocycles. The second-order valence-corrected chi connectivity index (χ2v) is 8.60. The Morgan fingerprint density at radius 1 is 1.16 bits per heavy atom. The van der Waals surface area contributed by atoms with Gasteiger partial charge in [-0.25, -0.2) is 4.98 Å². The maximum atomic E-state index is 6.12. The van der Waals surface area contributed by atoms with Gasteiger partial charge in [0.2, 0.25) is 5.95 Å². The maximum Gasteiger partial charge on any atom is 0.227 e. The lowest BCUT2D eigenvalue weighted by molar-refractivity contribution is 0.0875. The van der Waals surface area contributed by atoms with Crippen LogP contribution in [0.25, 0.3) is 10.9 Å². The summed E-state index contributed by atoms with van der Waals surface area (Å²) in [4.78, 5) is 13.9. The van der Waals surface area contributed by atoms with Crippen LogP contribution in [0.4, 0.5) is 11.8 Å². The van der Waals surface area contributed by atoms with E-state index in [1.165, 1.54) is 25.9 Å². The van der Waals surface area contributed by atoms with Gasteiger partial charge in [-0.3, -0.25) is 0 Å². The van der Waals surface area contributed by atoms with Gasteiger partial charge in [-0.1, -0.05) is 0 Å². The van der Waals surface area contributed by atoms with Gasteiger partial charge in [-0.15, -0.1) is 0 Å². The van der Waals surface area contributed by atoms with Gasteiger partial charge in [-0.2, -0.15) is 4.98 Å². The highest BCUT2D eigenvalue weighted by Gasteiger charge is 2.19. The number of nitrogens with one attached hydrogen (secondary N) is 1. The SMILES string of the molecule is COc1cc2c(N[C@H]3CCCOC3)nc(N(C)C)nc2cc1OCCCN1CCCC1. The van der Waals surface area contributed by atoms with Crippen molar-refractivity contribution in [2.45, 2.75) is 38.1 Å². The van der Waals surface area contributed by atoms with Crippen LogP contribution in [0.3, 0.4) is 0 Å². The third-order valence-corrected chi connectivity index (χ3v) is 5.95. The maximum absolute atomic E-state index is 6.12. The number of anilines is 2. The zero-order valence-corrected chi connectivity index (χ0v) is 19.0. The Morgan fingerprint density at radius 2 is 2.00 bits per heavy atom. The van der Waals surface area contributed by atoms with E-state index in [-0.39, 0.29) is 6.04 Å². The summed E-state index contributed by atoms with van der Waals surface area (Å²) in [6, 6.07) is 4.20. The Hall–Kier alpha value is -2.32. The molecule has 0 spiro atoms. The van der Waals surface area contributed by atoms with Gasteiger partial charge in [0.25, 0.3) is 0 Å². The fourth-order valence-electron chi connectivity index (χ4n) is 4.23. The fourth-order valence-corrected chi connectivity index (χ4v) is 4.23. The van der Waals surface area contributed by atoms with Crippen molar-refractivity contribution in [3.8, 4) is 11.5 Å². The number of likely N-dealkylation sites (tertiary alicyclic amines) is 1. The Morgan fingerprint density at radius 3 is 2.71 bits per heavy atom. The number of hydrogen-bond donors (Lipinski definition) is 1. The third kappa shape index (κ3) is 5.49. The fraction of sp³-hybridized carbons (Fsp3) is 0.652.